The lowest BCUT2D eigenvalue weighted by Crippen LogP contribution is -1.90. The third-order valence-corrected chi connectivity index (χ3v) is 2.70. The van der Waals surface area contributed by atoms with E-state index in [1.54, 1.807) is 30.3 Å². The minimum atomic E-state index is 0.424. The van der Waals surface area contributed by atoms with Crippen molar-refractivity contribution < 1.29 is 9.53 Å². The van der Waals surface area contributed by atoms with Gasteiger partial charge < -0.3 is 4.74 Å². The van der Waals surface area contributed by atoms with Gasteiger partial charge in [0, 0.05) is 9.92 Å². The molecule has 0 amide bonds. The lowest BCUT2D eigenvalue weighted by atomic mass is 10.2. The first kappa shape index (κ1) is 12.0. The summed E-state index contributed by atoms with van der Waals surface area (Å²) in [5.41, 5.74) is 0.424. The smallest absolute Gasteiger partial charge is 0.153 e. The Morgan fingerprint density at radius 3 is 2.47 bits per heavy atom. The molecule has 0 atom stereocenters. The third kappa shape index (κ3) is 3.02. The Hall–Kier alpha value is -1.45. The fraction of sp³-hybridized carbons (Fsp3) is 0. The molecule has 0 aliphatic heterocycles. The van der Waals surface area contributed by atoms with E-state index < -0.39 is 0 Å². The monoisotopic (exact) mass is 264 g/mol. The average Bonchev–Trinajstić information content (AvgIpc) is 2.34. The van der Waals surface area contributed by atoms with E-state index in [2.05, 4.69) is 12.6 Å². The number of aldehydes is 1. The number of hydrogen-bond donors (Lipinski definition) is 1. The van der Waals surface area contributed by atoms with Crippen molar-refractivity contribution in [3.05, 3.63) is 53.1 Å². The fourth-order valence-corrected chi connectivity index (χ4v) is 1.68. The Morgan fingerprint density at radius 2 is 1.82 bits per heavy atom. The highest BCUT2D eigenvalue weighted by Crippen LogP contribution is 2.27. The molecule has 0 spiro atoms. The summed E-state index contributed by atoms with van der Waals surface area (Å²) in [5.74, 6) is 1.13. The van der Waals surface area contributed by atoms with Gasteiger partial charge in [0.1, 0.15) is 11.5 Å². The number of benzene rings is 2. The van der Waals surface area contributed by atoms with Crippen LogP contribution in [0.5, 0.6) is 11.5 Å². The largest absolute Gasteiger partial charge is 0.457 e. The number of hydrogen-bond acceptors (Lipinski definition) is 3. The summed E-state index contributed by atoms with van der Waals surface area (Å²) in [6.07, 6.45) is 0.716. The molecule has 0 saturated carbocycles. The van der Waals surface area contributed by atoms with Crippen LogP contribution in [0.15, 0.2) is 47.4 Å². The maximum atomic E-state index is 10.9. The normalized spacial score (nSPS) is 10.0. The van der Waals surface area contributed by atoms with E-state index in [4.69, 9.17) is 16.3 Å². The zero-order chi connectivity index (χ0) is 12.3. The minimum absolute atomic E-state index is 0.424. The maximum Gasteiger partial charge on any atom is 0.153 e. The van der Waals surface area contributed by atoms with Crippen molar-refractivity contribution in [1.29, 1.82) is 0 Å². The van der Waals surface area contributed by atoms with Crippen molar-refractivity contribution in [3.63, 3.8) is 0 Å². The molecular formula is C13H9ClO2S. The van der Waals surface area contributed by atoms with Crippen molar-refractivity contribution in [2.45, 2.75) is 4.90 Å². The number of carbonyl (C=O) groups excluding carboxylic acids is 1. The Morgan fingerprint density at radius 1 is 1.12 bits per heavy atom. The van der Waals surface area contributed by atoms with E-state index in [-0.39, 0.29) is 0 Å². The zero-order valence-electron chi connectivity index (χ0n) is 8.76. The second kappa shape index (κ2) is 5.25. The number of halogens is 1. The first-order chi connectivity index (χ1) is 8.19. The summed E-state index contributed by atoms with van der Waals surface area (Å²) in [5, 5.41) is 0.505. The molecule has 2 aromatic rings. The first-order valence-corrected chi connectivity index (χ1v) is 5.73. The summed E-state index contributed by atoms with van der Waals surface area (Å²) >= 11 is 9.98. The van der Waals surface area contributed by atoms with Crippen molar-refractivity contribution in [2.24, 2.45) is 0 Å². The summed E-state index contributed by atoms with van der Waals surface area (Å²) in [4.78, 5) is 11.7. The van der Waals surface area contributed by atoms with Gasteiger partial charge in [-0.2, -0.15) is 0 Å². The molecule has 2 rings (SSSR count). The fourth-order valence-electron chi connectivity index (χ4n) is 1.35. The Kier molecular flexibility index (Phi) is 3.71. The Bertz CT molecular complexity index is 538. The number of thiol groups is 1. The maximum absolute atomic E-state index is 10.9. The van der Waals surface area contributed by atoms with E-state index in [0.717, 1.165) is 4.90 Å². The van der Waals surface area contributed by atoms with Gasteiger partial charge in [0.05, 0.1) is 5.56 Å². The molecule has 0 radical (unpaired) electrons. The van der Waals surface area contributed by atoms with Gasteiger partial charge in [0.25, 0.3) is 0 Å². The molecule has 0 N–H and O–H groups in total. The quantitative estimate of drug-likeness (QED) is 0.663. The van der Waals surface area contributed by atoms with Crippen LogP contribution < -0.4 is 4.74 Å². The second-order valence-electron chi connectivity index (χ2n) is 3.40. The van der Waals surface area contributed by atoms with Gasteiger partial charge in [-0.1, -0.05) is 11.6 Å². The standard InChI is InChI=1S/C13H9ClO2S/c14-10-1-6-13(9(7-10)8-15)16-11-2-4-12(17)5-3-11/h1-8,17H. The van der Waals surface area contributed by atoms with E-state index >= 15 is 0 Å². The summed E-state index contributed by atoms with van der Waals surface area (Å²) < 4.78 is 5.59. The number of rotatable bonds is 3. The lowest BCUT2D eigenvalue weighted by Gasteiger charge is -2.08. The van der Waals surface area contributed by atoms with Crippen molar-refractivity contribution in [1.82, 2.24) is 0 Å². The van der Waals surface area contributed by atoms with Crippen LogP contribution in [-0.4, -0.2) is 6.29 Å². The number of carbonyl (C=O) groups is 1. The van der Waals surface area contributed by atoms with E-state index in [1.807, 2.05) is 12.1 Å². The van der Waals surface area contributed by atoms with Crippen LogP contribution in [0, 0.1) is 0 Å². The molecule has 17 heavy (non-hydrogen) atoms. The van der Waals surface area contributed by atoms with Gasteiger partial charge in [0.2, 0.25) is 0 Å². The van der Waals surface area contributed by atoms with Gasteiger partial charge in [-0.25, -0.2) is 0 Å². The molecule has 0 aromatic heterocycles. The molecule has 0 saturated heterocycles. The SMILES string of the molecule is O=Cc1cc(Cl)ccc1Oc1ccc(S)cc1. The van der Waals surface area contributed by atoms with Crippen LogP contribution in [0.1, 0.15) is 10.4 Å². The average molecular weight is 265 g/mol. The summed E-state index contributed by atoms with van der Waals surface area (Å²) in [6.45, 7) is 0. The first-order valence-electron chi connectivity index (χ1n) is 4.90. The molecule has 0 unspecified atom stereocenters. The van der Waals surface area contributed by atoms with Crippen molar-refractivity contribution >= 4 is 30.5 Å². The zero-order valence-corrected chi connectivity index (χ0v) is 10.4. The molecule has 0 aliphatic rings. The van der Waals surface area contributed by atoms with E-state index in [0.29, 0.717) is 28.4 Å². The van der Waals surface area contributed by atoms with Gasteiger partial charge in [-0.15, -0.1) is 12.6 Å². The van der Waals surface area contributed by atoms with E-state index in [1.165, 1.54) is 0 Å². The number of ether oxygens (including phenoxy) is 1. The molecular weight excluding hydrogens is 256 g/mol. The molecule has 0 aliphatic carbocycles. The molecule has 2 nitrogen and oxygen atoms in total. The molecule has 4 heteroatoms. The topological polar surface area (TPSA) is 26.3 Å². The Labute approximate surface area is 110 Å². The van der Waals surface area contributed by atoms with Crippen LogP contribution in [0.3, 0.4) is 0 Å². The predicted molar refractivity (Wildman–Crippen MR) is 70.6 cm³/mol. The van der Waals surface area contributed by atoms with Crippen molar-refractivity contribution in [3.8, 4) is 11.5 Å². The predicted octanol–water partition coefficient (Wildman–Crippen LogP) is 4.23. The molecule has 0 heterocycles. The van der Waals surface area contributed by atoms with Gasteiger partial charge in [0.15, 0.2) is 6.29 Å². The van der Waals surface area contributed by atoms with Crippen LogP contribution in [0.2, 0.25) is 5.02 Å². The van der Waals surface area contributed by atoms with Gasteiger partial charge >= 0.3 is 0 Å². The summed E-state index contributed by atoms with van der Waals surface area (Å²) in [6, 6.07) is 12.1. The van der Waals surface area contributed by atoms with Gasteiger partial charge in [-0.05, 0) is 42.5 Å². The summed E-state index contributed by atoms with van der Waals surface area (Å²) in [7, 11) is 0. The van der Waals surface area contributed by atoms with Gasteiger partial charge in [-0.3, -0.25) is 4.79 Å². The van der Waals surface area contributed by atoms with E-state index in [9.17, 15) is 4.79 Å². The highest BCUT2D eigenvalue weighted by atomic mass is 35.5. The molecule has 0 fully saturated rings. The lowest BCUT2D eigenvalue weighted by molar-refractivity contribution is 0.112. The second-order valence-corrected chi connectivity index (χ2v) is 4.35. The minimum Gasteiger partial charge on any atom is -0.457 e. The molecule has 2 aromatic carbocycles. The van der Waals surface area contributed by atoms with Crippen LogP contribution in [0.25, 0.3) is 0 Å². The molecule has 86 valence electrons. The Balaban J connectivity index is 2.29. The third-order valence-electron chi connectivity index (χ3n) is 2.16. The highest BCUT2D eigenvalue weighted by molar-refractivity contribution is 7.80. The molecule has 0 bridgehead atoms. The van der Waals surface area contributed by atoms with Crippen LogP contribution >= 0.6 is 24.2 Å². The van der Waals surface area contributed by atoms with Crippen LogP contribution in [0.4, 0.5) is 0 Å². The van der Waals surface area contributed by atoms with Crippen LogP contribution in [-0.2, 0) is 0 Å². The highest BCUT2D eigenvalue weighted by Gasteiger charge is 2.05. The van der Waals surface area contributed by atoms with Crippen molar-refractivity contribution in [2.75, 3.05) is 0 Å².